The fraction of sp³-hybridized carbons (Fsp3) is 0.582. The Labute approximate surface area is 470 Å². The van der Waals surface area contributed by atoms with Crippen LogP contribution in [0, 0.1) is 0 Å². The minimum Gasteiger partial charge on any atom is -0.462 e. The fourth-order valence-corrected chi connectivity index (χ4v) is 8.32. The minimum atomic E-state index is -4.40. The summed E-state index contributed by atoms with van der Waals surface area (Å²) in [4.78, 5) is 35.2. The van der Waals surface area contributed by atoms with Crippen LogP contribution in [0.4, 0.5) is 0 Å². The third-order valence-corrected chi connectivity index (χ3v) is 12.9. The van der Waals surface area contributed by atoms with Gasteiger partial charge in [-0.15, -0.1) is 0 Å². The predicted octanol–water partition coefficient (Wildman–Crippen LogP) is 19.3. The standard InChI is InChI=1S/C67H108NO8P/c1-3-5-7-9-11-13-15-17-19-21-23-24-25-26-27-28-29-30-31-32-33-34-35-36-37-38-39-40-42-44-46-48-50-52-54-56-58-60-67(70)76-65(64-75-77(71,72)74-62-61-68)63-73-66(69)59-57-55-53-51-49-47-45-43-41-22-20-18-16-14-12-10-8-6-4-2/h5-8,11-14,17-20,23-24,26-27,29-30,32-33,35-36,38-39,41,43,65H,3-4,9-10,15-16,21-22,25,28,31,34,37,40,42,44-64,68H2,1-2H3,(H,71,72)/b7-5-,8-6-,13-11-,14-12-,19-17-,20-18-,24-23-,27-26-,30-29-,33-32-,36-35-,39-38-,43-41-. The smallest absolute Gasteiger partial charge is 0.462 e. The van der Waals surface area contributed by atoms with Gasteiger partial charge in [0, 0.05) is 19.4 Å². The molecule has 10 heteroatoms. The summed E-state index contributed by atoms with van der Waals surface area (Å²) in [5, 5.41) is 0. The monoisotopic (exact) mass is 1090 g/mol. The molecule has 0 aliphatic carbocycles. The number of ether oxygens (including phenoxy) is 2. The number of esters is 2. The van der Waals surface area contributed by atoms with Crippen molar-refractivity contribution in [3.63, 3.8) is 0 Å². The Balaban J connectivity index is 4.03. The minimum absolute atomic E-state index is 0.0418. The van der Waals surface area contributed by atoms with Crippen LogP contribution < -0.4 is 5.73 Å². The highest BCUT2D eigenvalue weighted by molar-refractivity contribution is 7.47. The maximum atomic E-state index is 12.7. The average Bonchev–Trinajstić information content (AvgIpc) is 3.42. The van der Waals surface area contributed by atoms with Gasteiger partial charge in [0.1, 0.15) is 6.61 Å². The van der Waals surface area contributed by atoms with Crippen molar-refractivity contribution in [3.8, 4) is 0 Å². The van der Waals surface area contributed by atoms with E-state index in [0.29, 0.717) is 12.8 Å². The third kappa shape index (κ3) is 60.7. The van der Waals surface area contributed by atoms with Gasteiger partial charge >= 0.3 is 19.8 Å². The number of hydrogen-bond donors (Lipinski definition) is 2. The summed E-state index contributed by atoms with van der Waals surface area (Å²) in [6.45, 7) is 3.47. The first kappa shape index (κ1) is 72.6. The van der Waals surface area contributed by atoms with E-state index in [2.05, 4.69) is 172 Å². The van der Waals surface area contributed by atoms with Crippen LogP contribution in [0.1, 0.15) is 219 Å². The van der Waals surface area contributed by atoms with Crippen LogP contribution in [-0.2, 0) is 32.7 Å². The van der Waals surface area contributed by atoms with Gasteiger partial charge in [-0.3, -0.25) is 18.6 Å². The van der Waals surface area contributed by atoms with Crippen LogP contribution in [0.25, 0.3) is 0 Å². The van der Waals surface area contributed by atoms with Crippen molar-refractivity contribution in [2.45, 2.75) is 225 Å². The number of unbranched alkanes of at least 4 members (excludes halogenated alkanes) is 15. The summed E-state index contributed by atoms with van der Waals surface area (Å²) in [6.07, 6.45) is 88.7. The van der Waals surface area contributed by atoms with E-state index in [1.807, 2.05) is 0 Å². The number of carbonyl (C=O) groups excluding carboxylic acids is 2. The second kappa shape index (κ2) is 60.9. The SMILES string of the molecule is CC/C=C\C/C=C\C/C=C\C/C=C\C/C=C\C/C=C\C/C=C\C/C=C\C/C=C\CCCCCCCCCCCC(=O)OC(COC(=O)CCCCCCCC/C=C\C/C=C\C/C=C\C/C=C\CC)COP(=O)(O)OCCN. The van der Waals surface area contributed by atoms with Gasteiger partial charge in [0.05, 0.1) is 13.2 Å². The highest BCUT2D eigenvalue weighted by Crippen LogP contribution is 2.43. The Bertz CT molecular complexity index is 1810. The van der Waals surface area contributed by atoms with Gasteiger partial charge in [0.15, 0.2) is 6.10 Å². The highest BCUT2D eigenvalue weighted by atomic mass is 31.2. The molecule has 9 nitrogen and oxygen atoms in total. The lowest BCUT2D eigenvalue weighted by atomic mass is 10.1. The van der Waals surface area contributed by atoms with E-state index in [4.69, 9.17) is 24.3 Å². The van der Waals surface area contributed by atoms with Gasteiger partial charge in [-0.25, -0.2) is 4.57 Å². The number of phosphoric acid groups is 1. The fourth-order valence-electron chi connectivity index (χ4n) is 7.56. The van der Waals surface area contributed by atoms with Crippen LogP contribution in [0.5, 0.6) is 0 Å². The number of nitrogens with two attached hydrogens (primary N) is 1. The van der Waals surface area contributed by atoms with Gasteiger partial charge in [-0.05, 0) is 122 Å². The Morgan fingerprint density at radius 2 is 0.675 bits per heavy atom. The van der Waals surface area contributed by atoms with Crippen LogP contribution in [-0.4, -0.2) is 49.3 Å². The number of allylic oxidation sites excluding steroid dienone is 26. The maximum Gasteiger partial charge on any atom is 0.472 e. The molecule has 0 spiro atoms. The van der Waals surface area contributed by atoms with E-state index >= 15 is 0 Å². The molecule has 0 aliphatic rings. The first-order valence-electron chi connectivity index (χ1n) is 30.0. The Morgan fingerprint density at radius 1 is 0.390 bits per heavy atom. The zero-order valence-electron chi connectivity index (χ0n) is 48.4. The Hall–Kier alpha value is -4.37. The molecule has 0 aromatic carbocycles. The second-order valence-corrected chi connectivity index (χ2v) is 20.6. The molecule has 0 aromatic rings. The number of rotatable bonds is 54. The molecule has 0 saturated heterocycles. The van der Waals surface area contributed by atoms with Crippen LogP contribution in [0.2, 0.25) is 0 Å². The van der Waals surface area contributed by atoms with Crippen molar-refractivity contribution in [1.82, 2.24) is 0 Å². The molecular weight excluding hydrogens is 978 g/mol. The van der Waals surface area contributed by atoms with Crippen LogP contribution >= 0.6 is 7.82 Å². The molecule has 77 heavy (non-hydrogen) atoms. The summed E-state index contributed by atoms with van der Waals surface area (Å²) in [5.74, 6) is -0.862. The summed E-state index contributed by atoms with van der Waals surface area (Å²) >= 11 is 0. The van der Waals surface area contributed by atoms with E-state index in [1.165, 1.54) is 32.1 Å². The van der Waals surface area contributed by atoms with Crippen molar-refractivity contribution in [2.75, 3.05) is 26.4 Å². The van der Waals surface area contributed by atoms with E-state index < -0.39 is 32.5 Å². The predicted molar refractivity (Wildman–Crippen MR) is 330 cm³/mol. The van der Waals surface area contributed by atoms with Crippen LogP contribution in [0.15, 0.2) is 158 Å². The maximum absolute atomic E-state index is 12.7. The summed E-state index contributed by atoms with van der Waals surface area (Å²) in [7, 11) is -4.40. The zero-order valence-corrected chi connectivity index (χ0v) is 49.3. The molecule has 0 aromatic heterocycles. The molecular formula is C67H108NO8P. The van der Waals surface area contributed by atoms with E-state index in [9.17, 15) is 19.0 Å². The lowest BCUT2D eigenvalue weighted by Gasteiger charge is -2.19. The van der Waals surface area contributed by atoms with Gasteiger partial charge in [0.2, 0.25) is 0 Å². The highest BCUT2D eigenvalue weighted by Gasteiger charge is 2.26. The molecule has 0 amide bonds. The molecule has 2 atom stereocenters. The van der Waals surface area contributed by atoms with Crippen molar-refractivity contribution >= 4 is 19.8 Å². The summed E-state index contributed by atoms with van der Waals surface area (Å²) in [5.41, 5.74) is 5.38. The molecule has 0 aliphatic heterocycles. The lowest BCUT2D eigenvalue weighted by molar-refractivity contribution is -0.161. The molecule has 0 bridgehead atoms. The first-order valence-corrected chi connectivity index (χ1v) is 31.5. The number of carbonyl (C=O) groups is 2. The van der Waals surface area contributed by atoms with Gasteiger partial charge in [-0.2, -0.15) is 0 Å². The first-order chi connectivity index (χ1) is 37.8. The van der Waals surface area contributed by atoms with Gasteiger partial charge < -0.3 is 20.1 Å². The molecule has 0 fully saturated rings. The van der Waals surface area contributed by atoms with E-state index in [-0.39, 0.29) is 32.6 Å². The third-order valence-electron chi connectivity index (χ3n) is 11.9. The number of hydrogen-bond acceptors (Lipinski definition) is 8. The number of phosphoric ester groups is 1. The lowest BCUT2D eigenvalue weighted by Crippen LogP contribution is -2.29. The second-order valence-electron chi connectivity index (χ2n) is 19.1. The molecule has 3 N–H and O–H groups in total. The van der Waals surface area contributed by atoms with Gasteiger partial charge in [-0.1, -0.05) is 242 Å². The van der Waals surface area contributed by atoms with Gasteiger partial charge in [0.25, 0.3) is 0 Å². The Kier molecular flexibility index (Phi) is 57.4. The summed E-state index contributed by atoms with van der Waals surface area (Å²) in [6, 6.07) is 0. The van der Waals surface area contributed by atoms with Crippen molar-refractivity contribution in [3.05, 3.63) is 158 Å². The van der Waals surface area contributed by atoms with Crippen molar-refractivity contribution in [1.29, 1.82) is 0 Å². The van der Waals surface area contributed by atoms with Crippen molar-refractivity contribution in [2.24, 2.45) is 5.73 Å². The molecule has 0 radical (unpaired) electrons. The molecule has 434 valence electrons. The van der Waals surface area contributed by atoms with Crippen LogP contribution in [0.3, 0.4) is 0 Å². The Morgan fingerprint density at radius 3 is 1.00 bits per heavy atom. The normalized spacial score (nSPS) is 14.2. The largest absolute Gasteiger partial charge is 0.472 e. The molecule has 0 rings (SSSR count). The molecule has 0 saturated carbocycles. The van der Waals surface area contributed by atoms with Crippen molar-refractivity contribution < 1.29 is 37.6 Å². The quantitative estimate of drug-likeness (QED) is 0.0264. The molecule has 2 unspecified atom stereocenters. The van der Waals surface area contributed by atoms with E-state index in [0.717, 1.165) is 148 Å². The average molecular weight is 1090 g/mol. The molecule has 0 heterocycles. The topological polar surface area (TPSA) is 134 Å². The van der Waals surface area contributed by atoms with E-state index in [1.54, 1.807) is 0 Å². The zero-order chi connectivity index (χ0) is 55.9. The summed E-state index contributed by atoms with van der Waals surface area (Å²) < 4.78 is 33.0.